The summed E-state index contributed by atoms with van der Waals surface area (Å²) in [7, 11) is -3.27. The first-order chi connectivity index (χ1) is 11.9. The lowest BCUT2D eigenvalue weighted by Gasteiger charge is -2.29. The largest absolute Gasteiger partial charge is 0.347 e. The van der Waals surface area contributed by atoms with Crippen LogP contribution in [0.4, 0.5) is 0 Å². The molecule has 8 nitrogen and oxygen atoms in total. The topological polar surface area (TPSA) is 105 Å². The number of hydrogen-bond donors (Lipinski definition) is 1. The fourth-order valence-corrected chi connectivity index (χ4v) is 3.71. The molecule has 2 heterocycles. The molecule has 1 aromatic carbocycles. The van der Waals surface area contributed by atoms with Crippen LogP contribution in [0.1, 0.15) is 18.7 Å². The minimum atomic E-state index is -3.27. The molecule has 1 N–H and O–H groups in total. The van der Waals surface area contributed by atoms with E-state index in [9.17, 15) is 13.2 Å². The maximum Gasteiger partial charge on any atom is 0.246 e. The number of carbonyl (C=O) groups is 1. The number of carbonyl (C=O) groups excluding carboxylic acids is 1. The molecule has 25 heavy (non-hydrogen) atoms. The monoisotopic (exact) mass is 364 g/mol. The van der Waals surface area contributed by atoms with Crippen molar-refractivity contribution in [2.45, 2.75) is 19.4 Å². The Hall–Kier alpha value is -2.26. The Balaban J connectivity index is 1.57. The smallest absolute Gasteiger partial charge is 0.246 e. The highest BCUT2D eigenvalue weighted by atomic mass is 32.2. The van der Waals surface area contributed by atoms with E-state index in [4.69, 9.17) is 4.52 Å². The standard InChI is InChI=1S/C16H20N4O4S/c1-25(22,23)20-9-5-8-13(11-20)16(21)17-10-14-18-15(19-24-14)12-6-3-2-4-7-12/h2-4,6-7,13H,5,8-11H2,1H3,(H,17,21). The number of aromatic nitrogens is 2. The molecular weight excluding hydrogens is 344 g/mol. The molecule has 134 valence electrons. The fraction of sp³-hybridized carbons (Fsp3) is 0.438. The van der Waals surface area contributed by atoms with Crippen molar-refractivity contribution in [3.05, 3.63) is 36.2 Å². The highest BCUT2D eigenvalue weighted by molar-refractivity contribution is 7.88. The molecule has 1 atom stereocenters. The van der Waals surface area contributed by atoms with E-state index in [1.54, 1.807) is 0 Å². The predicted octanol–water partition coefficient (Wildman–Crippen LogP) is 1.02. The van der Waals surface area contributed by atoms with Crippen molar-refractivity contribution >= 4 is 15.9 Å². The Bertz CT molecular complexity index is 835. The maximum absolute atomic E-state index is 12.3. The van der Waals surface area contributed by atoms with Crippen molar-refractivity contribution in [2.75, 3.05) is 19.3 Å². The molecule has 1 amide bonds. The van der Waals surface area contributed by atoms with Crippen molar-refractivity contribution in [1.29, 1.82) is 0 Å². The van der Waals surface area contributed by atoms with Crippen LogP contribution in [0.25, 0.3) is 11.4 Å². The average molecular weight is 364 g/mol. The van der Waals surface area contributed by atoms with Gasteiger partial charge in [-0.25, -0.2) is 12.7 Å². The van der Waals surface area contributed by atoms with Gasteiger partial charge in [-0.05, 0) is 12.8 Å². The van der Waals surface area contributed by atoms with Gasteiger partial charge >= 0.3 is 0 Å². The van der Waals surface area contributed by atoms with Crippen LogP contribution >= 0.6 is 0 Å². The summed E-state index contributed by atoms with van der Waals surface area (Å²) in [6, 6.07) is 9.40. The average Bonchev–Trinajstić information content (AvgIpc) is 3.09. The number of amides is 1. The van der Waals surface area contributed by atoms with Gasteiger partial charge in [0.1, 0.15) is 0 Å². The first-order valence-corrected chi connectivity index (χ1v) is 9.89. The summed E-state index contributed by atoms with van der Waals surface area (Å²) >= 11 is 0. The summed E-state index contributed by atoms with van der Waals surface area (Å²) in [6.07, 6.45) is 2.50. The third kappa shape index (κ3) is 4.43. The molecule has 0 bridgehead atoms. The van der Waals surface area contributed by atoms with E-state index in [0.717, 1.165) is 11.8 Å². The lowest BCUT2D eigenvalue weighted by atomic mass is 9.99. The fourth-order valence-electron chi connectivity index (χ4n) is 2.80. The third-order valence-corrected chi connectivity index (χ3v) is 5.41. The van der Waals surface area contributed by atoms with Crippen molar-refractivity contribution in [1.82, 2.24) is 19.8 Å². The summed E-state index contributed by atoms with van der Waals surface area (Å²) < 4.78 is 29.8. The molecule has 1 aromatic heterocycles. The quantitative estimate of drug-likeness (QED) is 0.849. The van der Waals surface area contributed by atoms with Crippen molar-refractivity contribution in [2.24, 2.45) is 5.92 Å². The van der Waals surface area contributed by atoms with Gasteiger partial charge < -0.3 is 9.84 Å². The molecule has 2 aromatic rings. The van der Waals surface area contributed by atoms with E-state index in [1.807, 2.05) is 30.3 Å². The van der Waals surface area contributed by atoms with E-state index < -0.39 is 10.0 Å². The highest BCUT2D eigenvalue weighted by Crippen LogP contribution is 2.19. The number of piperidine rings is 1. The zero-order valence-corrected chi connectivity index (χ0v) is 14.7. The zero-order chi connectivity index (χ0) is 17.9. The maximum atomic E-state index is 12.3. The molecule has 0 saturated carbocycles. The van der Waals surface area contributed by atoms with E-state index in [2.05, 4.69) is 15.5 Å². The first-order valence-electron chi connectivity index (χ1n) is 8.04. The van der Waals surface area contributed by atoms with Crippen molar-refractivity contribution in [3.8, 4) is 11.4 Å². The summed E-state index contributed by atoms with van der Waals surface area (Å²) in [5.74, 6) is 0.210. The van der Waals surface area contributed by atoms with Crippen LogP contribution in [0.15, 0.2) is 34.9 Å². The van der Waals surface area contributed by atoms with E-state index >= 15 is 0 Å². The first kappa shape index (κ1) is 17.6. The van der Waals surface area contributed by atoms with E-state index in [1.165, 1.54) is 4.31 Å². The van der Waals surface area contributed by atoms with Crippen LogP contribution in [0, 0.1) is 5.92 Å². The molecule has 0 radical (unpaired) electrons. The number of sulfonamides is 1. The number of hydrogen-bond acceptors (Lipinski definition) is 6. The lowest BCUT2D eigenvalue weighted by molar-refractivity contribution is -0.126. The van der Waals surface area contributed by atoms with Crippen LogP contribution in [-0.4, -0.2) is 48.1 Å². The molecule has 1 aliphatic heterocycles. The molecule has 0 aliphatic carbocycles. The Kier molecular flexibility index (Phi) is 5.14. The Morgan fingerprint density at radius 2 is 2.12 bits per heavy atom. The molecule has 3 rings (SSSR count). The SMILES string of the molecule is CS(=O)(=O)N1CCCC(C(=O)NCc2nc(-c3ccccc3)no2)C1. The van der Waals surface area contributed by atoms with Gasteiger partial charge in [0.2, 0.25) is 27.6 Å². The van der Waals surface area contributed by atoms with Gasteiger partial charge in [0.25, 0.3) is 0 Å². The van der Waals surface area contributed by atoms with Crippen LogP contribution in [-0.2, 0) is 21.4 Å². The van der Waals surface area contributed by atoms with Crippen molar-refractivity contribution in [3.63, 3.8) is 0 Å². The number of nitrogens with one attached hydrogen (secondary N) is 1. The van der Waals surface area contributed by atoms with E-state index in [-0.39, 0.29) is 24.9 Å². The zero-order valence-electron chi connectivity index (χ0n) is 13.9. The third-order valence-electron chi connectivity index (χ3n) is 4.14. The molecule has 1 fully saturated rings. The van der Waals surface area contributed by atoms with Crippen LogP contribution in [0.5, 0.6) is 0 Å². The summed E-state index contributed by atoms with van der Waals surface area (Å²) in [5.41, 5.74) is 0.833. The Morgan fingerprint density at radius 3 is 2.84 bits per heavy atom. The van der Waals surface area contributed by atoms with Gasteiger partial charge in [0.15, 0.2) is 0 Å². The van der Waals surface area contributed by atoms with Gasteiger partial charge in [-0.3, -0.25) is 4.79 Å². The van der Waals surface area contributed by atoms with Gasteiger partial charge in [-0.1, -0.05) is 35.5 Å². The van der Waals surface area contributed by atoms with Gasteiger partial charge in [-0.2, -0.15) is 4.98 Å². The minimum absolute atomic E-state index is 0.119. The second-order valence-electron chi connectivity index (χ2n) is 6.06. The second kappa shape index (κ2) is 7.32. The van der Waals surface area contributed by atoms with Crippen molar-refractivity contribution < 1.29 is 17.7 Å². The number of nitrogens with zero attached hydrogens (tertiary/aromatic N) is 3. The normalized spacial score (nSPS) is 18.8. The summed E-state index contributed by atoms with van der Waals surface area (Å²) in [5, 5.41) is 6.65. The number of rotatable bonds is 5. The second-order valence-corrected chi connectivity index (χ2v) is 8.04. The van der Waals surface area contributed by atoms with Gasteiger partial charge in [-0.15, -0.1) is 0 Å². The summed E-state index contributed by atoms with van der Waals surface area (Å²) in [6.45, 7) is 0.796. The van der Waals surface area contributed by atoms with Crippen LogP contribution < -0.4 is 5.32 Å². The molecule has 1 aliphatic rings. The van der Waals surface area contributed by atoms with Crippen LogP contribution in [0.3, 0.4) is 0 Å². The van der Waals surface area contributed by atoms with Gasteiger partial charge in [0, 0.05) is 18.7 Å². The molecule has 9 heteroatoms. The Labute approximate surface area is 146 Å². The minimum Gasteiger partial charge on any atom is -0.347 e. The molecule has 1 saturated heterocycles. The van der Waals surface area contributed by atoms with Gasteiger partial charge in [0.05, 0.1) is 18.7 Å². The van der Waals surface area contributed by atoms with E-state index in [0.29, 0.717) is 31.1 Å². The Morgan fingerprint density at radius 1 is 1.36 bits per heavy atom. The number of benzene rings is 1. The summed E-state index contributed by atoms with van der Waals surface area (Å²) in [4.78, 5) is 16.6. The highest BCUT2D eigenvalue weighted by Gasteiger charge is 2.30. The van der Waals surface area contributed by atoms with Crippen LogP contribution in [0.2, 0.25) is 0 Å². The molecule has 0 spiro atoms. The lowest BCUT2D eigenvalue weighted by Crippen LogP contribution is -2.44. The predicted molar refractivity (Wildman–Crippen MR) is 90.7 cm³/mol. The molecule has 1 unspecified atom stereocenters. The molecular formula is C16H20N4O4S.